The maximum Gasteiger partial charge on any atom is 0.411 e. The lowest BCUT2D eigenvalue weighted by atomic mass is 9.94. The third-order valence-corrected chi connectivity index (χ3v) is 7.77. The Morgan fingerprint density at radius 1 is 1.21 bits per heavy atom. The summed E-state index contributed by atoms with van der Waals surface area (Å²) >= 11 is 0. The Balaban J connectivity index is 1.28. The molecule has 204 valence electrons. The molecule has 2 aromatic rings. The minimum absolute atomic E-state index is 0.00797. The van der Waals surface area contributed by atoms with Gasteiger partial charge in [-0.3, -0.25) is 14.5 Å². The van der Waals surface area contributed by atoms with E-state index in [-0.39, 0.29) is 24.3 Å². The van der Waals surface area contributed by atoms with Crippen molar-refractivity contribution in [3.63, 3.8) is 0 Å². The summed E-state index contributed by atoms with van der Waals surface area (Å²) in [5.41, 5.74) is 2.64. The molecule has 1 saturated carbocycles. The van der Waals surface area contributed by atoms with E-state index in [1.807, 2.05) is 6.07 Å². The summed E-state index contributed by atoms with van der Waals surface area (Å²) in [5, 5.41) is 15.3. The smallest absolute Gasteiger partial charge is 0.411 e. The first-order valence-corrected chi connectivity index (χ1v) is 13.5. The van der Waals surface area contributed by atoms with Crippen LogP contribution in [0.1, 0.15) is 61.5 Å². The van der Waals surface area contributed by atoms with E-state index in [9.17, 15) is 19.6 Å². The van der Waals surface area contributed by atoms with Gasteiger partial charge in [0.25, 0.3) is 5.91 Å². The minimum Gasteiger partial charge on any atom is -0.444 e. The van der Waals surface area contributed by atoms with Crippen LogP contribution >= 0.6 is 0 Å². The highest BCUT2D eigenvalue weighted by atomic mass is 19.1. The van der Waals surface area contributed by atoms with Crippen LogP contribution in [0.4, 0.5) is 9.18 Å². The number of nitrogens with zero attached hydrogens (tertiary/aromatic N) is 2. The highest BCUT2D eigenvalue weighted by Crippen LogP contribution is 2.43. The second-order valence-corrected chi connectivity index (χ2v) is 11.6. The van der Waals surface area contributed by atoms with Gasteiger partial charge in [-0.25, -0.2) is 9.18 Å². The molecule has 4 atom stereocenters. The van der Waals surface area contributed by atoms with Crippen molar-refractivity contribution in [2.75, 3.05) is 6.54 Å². The lowest BCUT2D eigenvalue weighted by Gasteiger charge is -2.35. The molecule has 3 amide bonds. The lowest BCUT2D eigenvalue weighted by molar-refractivity contribution is -0.128. The molecule has 0 aromatic heterocycles. The highest BCUT2D eigenvalue weighted by Gasteiger charge is 2.52. The number of rotatable bonds is 5. The zero-order valence-corrected chi connectivity index (χ0v) is 22.4. The van der Waals surface area contributed by atoms with Crippen LogP contribution in [0.2, 0.25) is 0 Å². The van der Waals surface area contributed by atoms with Gasteiger partial charge in [-0.2, -0.15) is 5.26 Å². The van der Waals surface area contributed by atoms with Gasteiger partial charge in [0.15, 0.2) is 0 Å². The van der Waals surface area contributed by atoms with Gasteiger partial charge in [-0.1, -0.05) is 24.3 Å². The molecule has 2 bridgehead atoms. The Morgan fingerprint density at radius 3 is 2.67 bits per heavy atom. The predicted octanol–water partition coefficient (Wildman–Crippen LogP) is 4.12. The minimum atomic E-state index is -0.959. The number of hydrogen-bond acceptors (Lipinski definition) is 5. The quantitative estimate of drug-likeness (QED) is 0.602. The largest absolute Gasteiger partial charge is 0.444 e. The Kier molecular flexibility index (Phi) is 7.06. The number of halogens is 1. The Bertz CT molecular complexity index is 1360. The van der Waals surface area contributed by atoms with E-state index >= 15 is 4.39 Å². The van der Waals surface area contributed by atoms with E-state index in [4.69, 9.17) is 4.74 Å². The van der Waals surface area contributed by atoms with Crippen molar-refractivity contribution in [3.8, 4) is 17.2 Å². The first kappa shape index (κ1) is 26.7. The van der Waals surface area contributed by atoms with Gasteiger partial charge in [0.05, 0.1) is 6.07 Å². The molecule has 1 unspecified atom stereocenters. The van der Waals surface area contributed by atoms with E-state index < -0.39 is 35.5 Å². The van der Waals surface area contributed by atoms with Crippen molar-refractivity contribution in [1.82, 2.24) is 15.5 Å². The van der Waals surface area contributed by atoms with Crippen molar-refractivity contribution in [3.05, 3.63) is 58.9 Å². The number of hydrogen-bond donors (Lipinski definition) is 2. The van der Waals surface area contributed by atoms with Gasteiger partial charge in [0, 0.05) is 24.6 Å². The van der Waals surface area contributed by atoms with E-state index in [1.54, 1.807) is 45.0 Å². The van der Waals surface area contributed by atoms with Crippen molar-refractivity contribution in [2.24, 2.45) is 5.92 Å². The summed E-state index contributed by atoms with van der Waals surface area (Å²) in [7, 11) is 0. The fraction of sp³-hybridized carbons (Fsp3) is 0.467. The molecule has 39 heavy (non-hydrogen) atoms. The van der Waals surface area contributed by atoms with Gasteiger partial charge in [-0.15, -0.1) is 0 Å². The Labute approximate surface area is 227 Å². The van der Waals surface area contributed by atoms with Gasteiger partial charge in [0.1, 0.15) is 23.5 Å². The van der Waals surface area contributed by atoms with Crippen LogP contribution in [0.15, 0.2) is 36.4 Å². The van der Waals surface area contributed by atoms with Crippen LogP contribution in [0, 0.1) is 23.1 Å². The van der Waals surface area contributed by atoms with Gasteiger partial charge in [0.2, 0.25) is 5.91 Å². The van der Waals surface area contributed by atoms with Crippen LogP contribution in [-0.4, -0.2) is 53.1 Å². The van der Waals surface area contributed by atoms with Crippen LogP contribution in [0.25, 0.3) is 11.1 Å². The van der Waals surface area contributed by atoms with Crippen LogP contribution in [0.3, 0.4) is 0 Å². The second kappa shape index (κ2) is 10.3. The van der Waals surface area contributed by atoms with E-state index in [2.05, 4.69) is 16.7 Å². The number of nitriles is 1. The average Bonchev–Trinajstić information content (AvgIpc) is 3.50. The number of carbonyl (C=O) groups is 3. The second-order valence-electron chi connectivity index (χ2n) is 11.6. The molecular formula is C30H33FN4O4. The van der Waals surface area contributed by atoms with Crippen molar-refractivity contribution >= 4 is 17.9 Å². The number of likely N-dealkylation sites (tertiary alicyclic amines) is 1. The molecule has 2 aliphatic heterocycles. The first-order valence-electron chi connectivity index (χ1n) is 13.5. The molecule has 0 spiro atoms. The molecule has 0 radical (unpaired) electrons. The van der Waals surface area contributed by atoms with Crippen molar-refractivity contribution < 1.29 is 23.5 Å². The van der Waals surface area contributed by atoms with Gasteiger partial charge in [-0.05, 0) is 86.8 Å². The molecule has 3 aliphatic rings. The van der Waals surface area contributed by atoms with Crippen LogP contribution in [-0.2, 0) is 22.4 Å². The first-order chi connectivity index (χ1) is 18.5. The normalized spacial score (nSPS) is 22.5. The number of nitrogens with one attached hydrogen (secondary N) is 2. The summed E-state index contributed by atoms with van der Waals surface area (Å²) in [6.45, 7) is 5.92. The summed E-state index contributed by atoms with van der Waals surface area (Å²) < 4.78 is 20.7. The zero-order chi connectivity index (χ0) is 27.9. The number of fused-ring (bicyclic) bond motifs is 3. The topological polar surface area (TPSA) is 112 Å². The highest BCUT2D eigenvalue weighted by molar-refractivity contribution is 5.97. The Hall–Kier alpha value is -3.93. The van der Waals surface area contributed by atoms with E-state index in [1.165, 1.54) is 11.0 Å². The number of benzene rings is 2. The van der Waals surface area contributed by atoms with Gasteiger partial charge >= 0.3 is 6.09 Å². The molecule has 1 aliphatic carbocycles. The monoisotopic (exact) mass is 532 g/mol. The number of amides is 3. The zero-order valence-electron chi connectivity index (χ0n) is 22.4. The number of ether oxygens (including phenoxy) is 1. The molecule has 2 aromatic carbocycles. The van der Waals surface area contributed by atoms with Crippen molar-refractivity contribution in [2.45, 2.75) is 76.6 Å². The third kappa shape index (κ3) is 5.47. The van der Waals surface area contributed by atoms with E-state index in [0.29, 0.717) is 29.7 Å². The van der Waals surface area contributed by atoms with Crippen molar-refractivity contribution in [1.29, 1.82) is 5.26 Å². The van der Waals surface area contributed by atoms with Gasteiger partial charge < -0.3 is 15.4 Å². The Morgan fingerprint density at radius 2 is 1.95 bits per heavy atom. The summed E-state index contributed by atoms with van der Waals surface area (Å²) in [6.07, 6.45) is 2.58. The fourth-order valence-corrected chi connectivity index (χ4v) is 6.01. The third-order valence-electron chi connectivity index (χ3n) is 7.77. The molecular weight excluding hydrogens is 499 g/mol. The summed E-state index contributed by atoms with van der Waals surface area (Å²) in [6, 6.07) is 10.6. The SMILES string of the molecule is CC(C)(C)OC(=O)N1[C@@H]2CC[C@@H](C2)[C@H]1C(=O)NC(C#N)Cc1ccc(-c2ccc3c(c2)CCNC3=O)cc1F. The molecule has 2 heterocycles. The molecule has 1 saturated heterocycles. The summed E-state index contributed by atoms with van der Waals surface area (Å²) in [4.78, 5) is 39.7. The lowest BCUT2D eigenvalue weighted by Crippen LogP contribution is -2.55. The van der Waals surface area contributed by atoms with Crippen LogP contribution < -0.4 is 10.6 Å². The maximum absolute atomic E-state index is 15.2. The molecule has 9 heteroatoms. The predicted molar refractivity (Wildman–Crippen MR) is 142 cm³/mol. The standard InChI is InChI=1S/C30H33FN4O4/c1-30(2,3)39-29(38)35-23-8-6-21(14-23)26(35)28(37)34-22(16-32)13-20-5-4-18(15-25(20)31)17-7-9-24-19(12-17)10-11-33-27(24)36/h4-5,7,9,12,15,21-23,26H,6,8,10-11,13-14H2,1-3H3,(H,33,36)(H,34,37)/t21-,22?,23+,26-/m0/s1. The van der Waals surface area contributed by atoms with E-state index in [0.717, 1.165) is 30.4 Å². The fourth-order valence-electron chi connectivity index (χ4n) is 6.01. The molecule has 2 N–H and O–H groups in total. The van der Waals surface area contributed by atoms with Crippen LogP contribution in [0.5, 0.6) is 0 Å². The molecule has 2 fully saturated rings. The average molecular weight is 533 g/mol. The maximum atomic E-state index is 15.2. The summed E-state index contributed by atoms with van der Waals surface area (Å²) in [5.74, 6) is -0.975. The molecule has 8 nitrogen and oxygen atoms in total. The number of carbonyl (C=O) groups excluding carboxylic acids is 3. The molecule has 5 rings (SSSR count). The number of piperidine rings is 1.